The summed E-state index contributed by atoms with van der Waals surface area (Å²) in [4.78, 5) is 4.50. The molecule has 0 fully saturated rings. The molecule has 1 heterocycles. The molecule has 0 radical (unpaired) electrons. The van der Waals surface area contributed by atoms with Crippen molar-refractivity contribution in [3.05, 3.63) is 42.2 Å². The van der Waals surface area contributed by atoms with Gasteiger partial charge < -0.3 is 19.9 Å². The van der Waals surface area contributed by atoms with E-state index in [1.165, 1.54) is 6.07 Å². The van der Waals surface area contributed by atoms with Crippen LogP contribution >= 0.6 is 0 Å². The van der Waals surface area contributed by atoms with Crippen LogP contribution in [0.3, 0.4) is 0 Å². The average Bonchev–Trinajstić information content (AvgIpc) is 3.07. The van der Waals surface area contributed by atoms with Crippen LogP contribution in [-0.2, 0) is 13.1 Å². The highest BCUT2D eigenvalue weighted by molar-refractivity contribution is 5.79. The molecule has 0 bridgehead atoms. The number of hydrogen-bond donors (Lipinski definition) is 2. The zero-order valence-electron chi connectivity index (χ0n) is 14.9. The van der Waals surface area contributed by atoms with Crippen molar-refractivity contribution in [3.63, 3.8) is 0 Å². The van der Waals surface area contributed by atoms with Gasteiger partial charge in [0.2, 0.25) is 0 Å². The quantitative estimate of drug-likeness (QED) is 0.563. The Morgan fingerprint density at radius 2 is 2.12 bits per heavy atom. The predicted molar refractivity (Wildman–Crippen MR) is 95.0 cm³/mol. The molecule has 1 unspecified atom stereocenters. The normalized spacial score (nSPS) is 12.7. The molecule has 2 rings (SSSR count). The molecule has 0 amide bonds. The number of ether oxygens (including phenoxy) is 1. The zero-order chi connectivity index (χ0) is 18.1. The van der Waals surface area contributed by atoms with Crippen LogP contribution in [0.2, 0.25) is 0 Å². The van der Waals surface area contributed by atoms with Crippen LogP contribution in [0, 0.1) is 5.82 Å². The Hall–Kier alpha value is -2.64. The van der Waals surface area contributed by atoms with E-state index in [2.05, 4.69) is 25.8 Å². The lowest BCUT2D eigenvalue weighted by Gasteiger charge is -2.18. The number of benzene rings is 1. The van der Waals surface area contributed by atoms with Gasteiger partial charge >= 0.3 is 0 Å². The zero-order valence-corrected chi connectivity index (χ0v) is 14.9. The number of hydrogen-bond acceptors (Lipinski definition) is 4. The third kappa shape index (κ3) is 5.74. The maximum Gasteiger partial charge on any atom is 0.191 e. The Morgan fingerprint density at radius 3 is 2.84 bits per heavy atom. The number of aryl methyl sites for hydroxylation is 1. The number of aromatic nitrogens is 3. The van der Waals surface area contributed by atoms with E-state index in [4.69, 9.17) is 4.74 Å². The van der Waals surface area contributed by atoms with Crippen LogP contribution in [0.25, 0.3) is 0 Å². The van der Waals surface area contributed by atoms with Crippen LogP contribution in [0.4, 0.5) is 4.39 Å². The lowest BCUT2D eigenvalue weighted by molar-refractivity contribution is 0.214. The number of nitrogens with zero attached hydrogens (tertiary/aromatic N) is 4. The van der Waals surface area contributed by atoms with Crippen molar-refractivity contribution < 1.29 is 9.13 Å². The number of rotatable bonds is 8. The first-order valence-corrected chi connectivity index (χ1v) is 8.44. The van der Waals surface area contributed by atoms with Crippen molar-refractivity contribution >= 4 is 5.96 Å². The van der Waals surface area contributed by atoms with Gasteiger partial charge in [-0.15, -0.1) is 10.2 Å². The van der Waals surface area contributed by atoms with Gasteiger partial charge in [0.1, 0.15) is 19.0 Å². The van der Waals surface area contributed by atoms with Gasteiger partial charge in [0.25, 0.3) is 0 Å². The van der Waals surface area contributed by atoms with Crippen LogP contribution in [0.15, 0.2) is 35.6 Å². The molecular formula is C17H25FN6O. The summed E-state index contributed by atoms with van der Waals surface area (Å²) >= 11 is 0. The van der Waals surface area contributed by atoms with Gasteiger partial charge in [0.15, 0.2) is 23.4 Å². The molecule has 25 heavy (non-hydrogen) atoms. The highest BCUT2D eigenvalue weighted by atomic mass is 19.1. The standard InChI is InChI=1S/C17H25FN6O/c1-4-19-17(21-11-16-23-22-12-24(16)5-2)20-10-13(3)25-15-9-7-6-8-14(15)18/h6-9,12-13H,4-5,10-11H2,1-3H3,(H2,19,20,21). The fourth-order valence-corrected chi connectivity index (χ4v) is 2.20. The molecule has 0 saturated carbocycles. The van der Waals surface area contributed by atoms with Crippen molar-refractivity contribution in [3.8, 4) is 5.75 Å². The van der Waals surface area contributed by atoms with E-state index >= 15 is 0 Å². The van der Waals surface area contributed by atoms with E-state index in [0.717, 1.165) is 18.9 Å². The van der Waals surface area contributed by atoms with Crippen LogP contribution in [-0.4, -0.2) is 39.9 Å². The number of halogens is 1. The molecule has 0 aliphatic carbocycles. The number of para-hydroxylation sites is 1. The summed E-state index contributed by atoms with van der Waals surface area (Å²) in [5.41, 5.74) is 0. The second-order valence-corrected chi connectivity index (χ2v) is 5.47. The fraction of sp³-hybridized carbons (Fsp3) is 0.471. The Kier molecular flexibility index (Phi) is 7.18. The van der Waals surface area contributed by atoms with Crippen LogP contribution in [0.5, 0.6) is 5.75 Å². The van der Waals surface area contributed by atoms with Gasteiger partial charge in [0, 0.05) is 13.1 Å². The summed E-state index contributed by atoms with van der Waals surface area (Å²) in [5.74, 6) is 1.33. The summed E-state index contributed by atoms with van der Waals surface area (Å²) in [6.45, 7) is 8.33. The number of aliphatic imine (C=N–C) groups is 1. The van der Waals surface area contributed by atoms with Crippen molar-refractivity contribution in [1.29, 1.82) is 0 Å². The molecular weight excluding hydrogens is 323 g/mol. The Balaban J connectivity index is 1.90. The van der Waals surface area contributed by atoms with Crippen molar-refractivity contribution in [2.45, 2.75) is 40.0 Å². The first kappa shape index (κ1) is 18.7. The fourth-order valence-electron chi connectivity index (χ4n) is 2.20. The van der Waals surface area contributed by atoms with Gasteiger partial charge in [-0.05, 0) is 32.9 Å². The van der Waals surface area contributed by atoms with Gasteiger partial charge in [-0.1, -0.05) is 12.1 Å². The Morgan fingerprint density at radius 1 is 1.32 bits per heavy atom. The van der Waals surface area contributed by atoms with Gasteiger partial charge in [-0.3, -0.25) is 0 Å². The van der Waals surface area contributed by atoms with E-state index < -0.39 is 0 Å². The molecule has 2 N–H and O–H groups in total. The minimum Gasteiger partial charge on any atom is -0.486 e. The molecule has 8 heteroatoms. The summed E-state index contributed by atoms with van der Waals surface area (Å²) in [5, 5.41) is 14.3. The van der Waals surface area contributed by atoms with Gasteiger partial charge in [-0.25, -0.2) is 9.38 Å². The molecule has 1 atom stereocenters. The molecule has 0 saturated heterocycles. The molecule has 1 aromatic heterocycles. The summed E-state index contributed by atoms with van der Waals surface area (Å²) in [6.07, 6.45) is 1.47. The predicted octanol–water partition coefficient (Wildman–Crippen LogP) is 1.96. The third-order valence-corrected chi connectivity index (χ3v) is 3.48. The van der Waals surface area contributed by atoms with E-state index in [9.17, 15) is 4.39 Å². The monoisotopic (exact) mass is 348 g/mol. The Bertz CT molecular complexity index is 687. The maximum atomic E-state index is 13.6. The van der Waals surface area contributed by atoms with E-state index in [-0.39, 0.29) is 17.7 Å². The summed E-state index contributed by atoms with van der Waals surface area (Å²) in [6, 6.07) is 6.37. The minimum atomic E-state index is -0.367. The topological polar surface area (TPSA) is 76.4 Å². The molecule has 136 valence electrons. The first-order chi connectivity index (χ1) is 12.1. The second-order valence-electron chi connectivity index (χ2n) is 5.47. The highest BCUT2D eigenvalue weighted by Gasteiger charge is 2.09. The van der Waals surface area contributed by atoms with Crippen LogP contribution < -0.4 is 15.4 Å². The lowest BCUT2D eigenvalue weighted by Crippen LogP contribution is -2.41. The SMILES string of the molecule is CCNC(=NCc1nncn1CC)NCC(C)Oc1ccccc1F. The Labute approximate surface area is 147 Å². The van der Waals surface area contributed by atoms with Crippen molar-refractivity contribution in [2.24, 2.45) is 4.99 Å². The maximum absolute atomic E-state index is 13.6. The third-order valence-electron chi connectivity index (χ3n) is 3.48. The van der Waals surface area contributed by atoms with Crippen molar-refractivity contribution in [1.82, 2.24) is 25.4 Å². The van der Waals surface area contributed by atoms with Crippen LogP contribution in [0.1, 0.15) is 26.6 Å². The minimum absolute atomic E-state index is 0.222. The molecule has 0 aliphatic rings. The van der Waals surface area contributed by atoms with E-state index in [1.807, 2.05) is 25.3 Å². The summed E-state index contributed by atoms with van der Waals surface area (Å²) < 4.78 is 21.2. The second kappa shape index (κ2) is 9.61. The van der Waals surface area contributed by atoms with Gasteiger partial charge in [0.05, 0.1) is 6.54 Å². The summed E-state index contributed by atoms with van der Waals surface area (Å²) in [7, 11) is 0. The van der Waals surface area contributed by atoms with Gasteiger partial charge in [-0.2, -0.15) is 0 Å². The van der Waals surface area contributed by atoms with E-state index in [1.54, 1.807) is 24.5 Å². The molecule has 0 aliphatic heterocycles. The molecule has 0 spiro atoms. The molecule has 2 aromatic rings. The first-order valence-electron chi connectivity index (χ1n) is 8.44. The number of guanidine groups is 1. The molecule has 7 nitrogen and oxygen atoms in total. The largest absolute Gasteiger partial charge is 0.486 e. The smallest absolute Gasteiger partial charge is 0.191 e. The van der Waals surface area contributed by atoms with Crippen molar-refractivity contribution in [2.75, 3.05) is 13.1 Å². The molecule has 1 aromatic carbocycles. The van der Waals surface area contributed by atoms with E-state index in [0.29, 0.717) is 19.0 Å². The average molecular weight is 348 g/mol. The highest BCUT2D eigenvalue weighted by Crippen LogP contribution is 2.16. The lowest BCUT2D eigenvalue weighted by atomic mass is 10.3. The number of nitrogens with one attached hydrogen (secondary N) is 2.